The van der Waals surface area contributed by atoms with Gasteiger partial charge in [0.1, 0.15) is 11.6 Å². The van der Waals surface area contributed by atoms with Gasteiger partial charge in [0.25, 0.3) is 0 Å². The van der Waals surface area contributed by atoms with Crippen LogP contribution in [0.25, 0.3) is 0 Å². The van der Waals surface area contributed by atoms with Crippen LogP contribution in [0.4, 0.5) is 18.9 Å². The summed E-state index contributed by atoms with van der Waals surface area (Å²) < 4.78 is 37.9. The molecule has 0 aliphatic carbocycles. The number of hydrogen-bond donors (Lipinski definition) is 0. The third-order valence-electron chi connectivity index (χ3n) is 1.80. The molecule has 3 nitrogen and oxygen atoms in total. The standard InChI is InChI=1S/C9H8F3N3/c1-15(2)7-3-4-14-6(5-13)8(7)9(10,11)12/h3-4H,1-2H3. The maximum atomic E-state index is 12.6. The second kappa shape index (κ2) is 3.77. The summed E-state index contributed by atoms with van der Waals surface area (Å²) in [6, 6.07) is 2.67. The van der Waals surface area contributed by atoms with Crippen LogP contribution in [0.15, 0.2) is 12.3 Å². The molecule has 0 unspecified atom stereocenters. The van der Waals surface area contributed by atoms with E-state index < -0.39 is 17.4 Å². The van der Waals surface area contributed by atoms with Crippen molar-refractivity contribution in [1.29, 1.82) is 5.26 Å². The number of nitrogens with zero attached hydrogens (tertiary/aromatic N) is 3. The monoisotopic (exact) mass is 215 g/mol. The number of pyridine rings is 1. The molecule has 0 atom stereocenters. The third kappa shape index (κ3) is 2.18. The van der Waals surface area contributed by atoms with E-state index in [1.165, 1.54) is 37.3 Å². The average Bonchev–Trinajstić information content (AvgIpc) is 2.15. The van der Waals surface area contributed by atoms with E-state index in [4.69, 9.17) is 5.26 Å². The molecular weight excluding hydrogens is 207 g/mol. The number of rotatable bonds is 1. The lowest BCUT2D eigenvalue weighted by atomic mass is 10.1. The fourth-order valence-electron chi connectivity index (χ4n) is 1.19. The number of nitriles is 1. The van der Waals surface area contributed by atoms with Crippen LogP contribution in [0, 0.1) is 11.3 Å². The molecule has 0 amide bonds. The highest BCUT2D eigenvalue weighted by Crippen LogP contribution is 2.37. The molecule has 80 valence electrons. The molecule has 0 aliphatic rings. The van der Waals surface area contributed by atoms with E-state index in [1.54, 1.807) is 0 Å². The first-order valence-electron chi connectivity index (χ1n) is 4.01. The van der Waals surface area contributed by atoms with Gasteiger partial charge in [-0.15, -0.1) is 0 Å². The Morgan fingerprint density at radius 1 is 1.40 bits per heavy atom. The van der Waals surface area contributed by atoms with Crippen LogP contribution in [0.3, 0.4) is 0 Å². The molecule has 0 radical (unpaired) electrons. The summed E-state index contributed by atoms with van der Waals surface area (Å²) in [6.07, 6.45) is -3.39. The molecule has 6 heteroatoms. The van der Waals surface area contributed by atoms with Gasteiger partial charge in [-0.1, -0.05) is 0 Å². The van der Waals surface area contributed by atoms with Crippen LogP contribution >= 0.6 is 0 Å². The molecule has 1 aromatic heterocycles. The van der Waals surface area contributed by atoms with Gasteiger partial charge in [-0.25, -0.2) is 4.98 Å². The zero-order chi connectivity index (χ0) is 11.6. The van der Waals surface area contributed by atoms with Gasteiger partial charge in [0.05, 0.1) is 5.69 Å². The Kier molecular flexibility index (Phi) is 2.84. The molecule has 1 heterocycles. The maximum Gasteiger partial charge on any atom is 0.421 e. The summed E-state index contributed by atoms with van der Waals surface area (Å²) in [4.78, 5) is 4.70. The van der Waals surface area contributed by atoms with Gasteiger partial charge in [-0.2, -0.15) is 18.4 Å². The summed E-state index contributed by atoms with van der Waals surface area (Å²) >= 11 is 0. The highest BCUT2D eigenvalue weighted by Gasteiger charge is 2.37. The Labute approximate surface area is 84.8 Å². The van der Waals surface area contributed by atoms with E-state index in [9.17, 15) is 13.2 Å². The Hall–Kier alpha value is -1.77. The predicted octanol–water partition coefficient (Wildman–Crippen LogP) is 2.04. The molecule has 0 aromatic carbocycles. The van der Waals surface area contributed by atoms with Crippen LogP contribution in [-0.2, 0) is 6.18 Å². The zero-order valence-electron chi connectivity index (χ0n) is 8.13. The van der Waals surface area contributed by atoms with Gasteiger partial charge < -0.3 is 4.90 Å². The fraction of sp³-hybridized carbons (Fsp3) is 0.333. The van der Waals surface area contributed by atoms with Gasteiger partial charge in [0.15, 0.2) is 5.69 Å². The van der Waals surface area contributed by atoms with Crippen molar-refractivity contribution in [2.24, 2.45) is 0 Å². The topological polar surface area (TPSA) is 39.9 Å². The minimum Gasteiger partial charge on any atom is -0.377 e. The van der Waals surface area contributed by atoms with E-state index in [-0.39, 0.29) is 5.69 Å². The van der Waals surface area contributed by atoms with Crippen LogP contribution in [0.5, 0.6) is 0 Å². The summed E-state index contributed by atoms with van der Waals surface area (Å²) in [5.41, 5.74) is -1.65. The van der Waals surface area contributed by atoms with Crippen molar-refractivity contribution in [2.45, 2.75) is 6.18 Å². The Morgan fingerprint density at radius 3 is 2.40 bits per heavy atom. The molecule has 0 spiro atoms. The molecule has 0 bridgehead atoms. The first-order valence-corrected chi connectivity index (χ1v) is 4.01. The highest BCUT2D eigenvalue weighted by atomic mass is 19.4. The van der Waals surface area contributed by atoms with Crippen molar-refractivity contribution in [2.75, 3.05) is 19.0 Å². The van der Waals surface area contributed by atoms with Crippen molar-refractivity contribution >= 4 is 5.69 Å². The van der Waals surface area contributed by atoms with E-state index in [1.807, 2.05) is 0 Å². The van der Waals surface area contributed by atoms with E-state index >= 15 is 0 Å². The SMILES string of the molecule is CN(C)c1ccnc(C#N)c1C(F)(F)F. The summed E-state index contributed by atoms with van der Waals surface area (Å²) in [5, 5.41) is 8.56. The van der Waals surface area contributed by atoms with Gasteiger partial charge in [0, 0.05) is 20.3 Å². The number of hydrogen-bond acceptors (Lipinski definition) is 3. The summed E-state index contributed by atoms with van der Waals surface area (Å²) in [6.45, 7) is 0. The summed E-state index contributed by atoms with van der Waals surface area (Å²) in [5.74, 6) is 0. The highest BCUT2D eigenvalue weighted by molar-refractivity contribution is 5.57. The van der Waals surface area contributed by atoms with E-state index in [0.29, 0.717) is 0 Å². The van der Waals surface area contributed by atoms with Crippen LogP contribution < -0.4 is 4.90 Å². The van der Waals surface area contributed by atoms with Crippen molar-refractivity contribution in [3.8, 4) is 6.07 Å². The molecule has 1 rings (SSSR count). The second-order valence-electron chi connectivity index (χ2n) is 3.06. The van der Waals surface area contributed by atoms with Crippen LogP contribution in [-0.4, -0.2) is 19.1 Å². The largest absolute Gasteiger partial charge is 0.421 e. The Balaban J connectivity index is 3.50. The van der Waals surface area contributed by atoms with Crippen molar-refractivity contribution in [1.82, 2.24) is 4.98 Å². The van der Waals surface area contributed by atoms with Crippen LogP contribution in [0.1, 0.15) is 11.3 Å². The molecule has 0 saturated heterocycles. The molecule has 0 aliphatic heterocycles. The van der Waals surface area contributed by atoms with Crippen molar-refractivity contribution in [3.05, 3.63) is 23.5 Å². The van der Waals surface area contributed by atoms with Crippen LogP contribution in [0.2, 0.25) is 0 Å². The average molecular weight is 215 g/mol. The Bertz CT molecular complexity index is 404. The number of alkyl halides is 3. The number of halogens is 3. The smallest absolute Gasteiger partial charge is 0.377 e. The van der Waals surface area contributed by atoms with E-state index in [0.717, 1.165) is 0 Å². The van der Waals surface area contributed by atoms with Crippen molar-refractivity contribution in [3.63, 3.8) is 0 Å². The quantitative estimate of drug-likeness (QED) is 0.719. The molecular formula is C9H8F3N3. The first kappa shape index (κ1) is 11.3. The zero-order valence-corrected chi connectivity index (χ0v) is 8.13. The Morgan fingerprint density at radius 2 is 2.00 bits per heavy atom. The molecule has 0 fully saturated rings. The normalized spacial score (nSPS) is 10.9. The third-order valence-corrected chi connectivity index (χ3v) is 1.80. The summed E-state index contributed by atoms with van der Waals surface area (Å²) in [7, 11) is 2.96. The lowest BCUT2D eigenvalue weighted by molar-refractivity contribution is -0.137. The predicted molar refractivity (Wildman–Crippen MR) is 48.3 cm³/mol. The lowest BCUT2D eigenvalue weighted by Gasteiger charge is -2.19. The molecule has 1 aromatic rings. The van der Waals surface area contributed by atoms with E-state index in [2.05, 4.69) is 4.98 Å². The molecule has 0 N–H and O–H groups in total. The number of anilines is 1. The molecule has 0 saturated carbocycles. The lowest BCUT2D eigenvalue weighted by Crippen LogP contribution is -2.18. The van der Waals surface area contributed by atoms with Gasteiger partial charge >= 0.3 is 6.18 Å². The van der Waals surface area contributed by atoms with Gasteiger partial charge in [-0.05, 0) is 6.07 Å². The second-order valence-corrected chi connectivity index (χ2v) is 3.06. The number of aromatic nitrogens is 1. The first-order chi connectivity index (χ1) is 6.88. The maximum absolute atomic E-state index is 12.6. The molecule has 15 heavy (non-hydrogen) atoms. The fourth-order valence-corrected chi connectivity index (χ4v) is 1.19. The van der Waals surface area contributed by atoms with Gasteiger partial charge in [-0.3, -0.25) is 0 Å². The minimum atomic E-state index is -4.57. The minimum absolute atomic E-state index is 0.0611. The van der Waals surface area contributed by atoms with Gasteiger partial charge in [0.2, 0.25) is 0 Å². The van der Waals surface area contributed by atoms with Crippen molar-refractivity contribution < 1.29 is 13.2 Å².